The Hall–Kier alpha value is -1.79. The third-order valence-corrected chi connectivity index (χ3v) is 2.47. The highest BCUT2D eigenvalue weighted by Gasteiger charge is 2.34. The number of carbonyl (C=O) groups is 1. The molecule has 1 rings (SSSR count). The molecule has 1 aromatic carbocycles. The van der Waals surface area contributed by atoms with Crippen LogP contribution in [0.25, 0.3) is 0 Å². The fourth-order valence-electron chi connectivity index (χ4n) is 1.75. The molecule has 20 heavy (non-hydrogen) atoms. The summed E-state index contributed by atoms with van der Waals surface area (Å²) < 4.78 is 51.1. The van der Waals surface area contributed by atoms with Crippen LogP contribution in [0.4, 0.5) is 23.2 Å². The number of halogens is 4. The standard InChI is InChI=1S/C13H16F4N2O/c1-8(2)6-19(7-13(15,16)17)12(20)10-4-3-9(18)5-11(10)14/h3-5,8H,6-7,18H2,1-2H3. The number of benzene rings is 1. The highest BCUT2D eigenvalue weighted by Crippen LogP contribution is 2.21. The quantitative estimate of drug-likeness (QED) is 0.685. The highest BCUT2D eigenvalue weighted by molar-refractivity contribution is 5.94. The van der Waals surface area contributed by atoms with E-state index in [1.54, 1.807) is 13.8 Å². The van der Waals surface area contributed by atoms with Gasteiger partial charge in [-0.3, -0.25) is 4.79 Å². The van der Waals surface area contributed by atoms with E-state index in [-0.39, 0.29) is 18.2 Å². The summed E-state index contributed by atoms with van der Waals surface area (Å²) in [6.07, 6.45) is -4.53. The fraction of sp³-hybridized carbons (Fsp3) is 0.462. The van der Waals surface area contributed by atoms with Crippen LogP contribution in [0.15, 0.2) is 18.2 Å². The minimum absolute atomic E-state index is 0.102. The van der Waals surface area contributed by atoms with Gasteiger partial charge >= 0.3 is 6.18 Å². The molecule has 0 aromatic heterocycles. The van der Waals surface area contributed by atoms with Crippen molar-refractivity contribution in [1.29, 1.82) is 0 Å². The topological polar surface area (TPSA) is 46.3 Å². The van der Waals surface area contributed by atoms with Crippen LogP contribution in [-0.2, 0) is 0 Å². The molecule has 112 valence electrons. The minimum Gasteiger partial charge on any atom is -0.399 e. The number of hydrogen-bond acceptors (Lipinski definition) is 2. The Morgan fingerprint density at radius 2 is 1.95 bits per heavy atom. The van der Waals surface area contributed by atoms with Crippen molar-refractivity contribution < 1.29 is 22.4 Å². The third-order valence-electron chi connectivity index (χ3n) is 2.47. The predicted molar refractivity (Wildman–Crippen MR) is 67.6 cm³/mol. The van der Waals surface area contributed by atoms with Crippen molar-refractivity contribution in [3.8, 4) is 0 Å². The first-order chi connectivity index (χ1) is 9.10. The molecule has 0 spiro atoms. The number of amides is 1. The van der Waals surface area contributed by atoms with Gasteiger partial charge in [-0.1, -0.05) is 13.8 Å². The normalized spacial score (nSPS) is 11.8. The van der Waals surface area contributed by atoms with Gasteiger partial charge in [0.15, 0.2) is 0 Å². The van der Waals surface area contributed by atoms with Gasteiger partial charge in [0.05, 0.1) is 5.56 Å². The second-order valence-corrected chi connectivity index (χ2v) is 4.93. The Balaban J connectivity index is 3.03. The Morgan fingerprint density at radius 1 is 1.35 bits per heavy atom. The van der Waals surface area contributed by atoms with Gasteiger partial charge < -0.3 is 10.6 Å². The molecule has 0 heterocycles. The van der Waals surface area contributed by atoms with Gasteiger partial charge in [-0.05, 0) is 24.1 Å². The molecule has 0 aliphatic heterocycles. The molecule has 3 nitrogen and oxygen atoms in total. The zero-order valence-electron chi connectivity index (χ0n) is 11.2. The predicted octanol–water partition coefficient (Wildman–Crippen LogP) is 3.07. The lowest BCUT2D eigenvalue weighted by molar-refractivity contribution is -0.141. The van der Waals surface area contributed by atoms with Crippen molar-refractivity contribution in [2.45, 2.75) is 20.0 Å². The van der Waals surface area contributed by atoms with E-state index in [9.17, 15) is 22.4 Å². The molecule has 1 amide bonds. The van der Waals surface area contributed by atoms with Crippen LogP contribution < -0.4 is 5.73 Å². The molecule has 0 aliphatic rings. The van der Waals surface area contributed by atoms with Crippen molar-refractivity contribution in [3.05, 3.63) is 29.6 Å². The second kappa shape index (κ2) is 6.11. The number of anilines is 1. The smallest absolute Gasteiger partial charge is 0.399 e. The Morgan fingerprint density at radius 3 is 2.40 bits per heavy atom. The summed E-state index contributed by atoms with van der Waals surface area (Å²) in [5, 5.41) is 0. The zero-order valence-corrected chi connectivity index (χ0v) is 11.2. The molecule has 0 fully saturated rings. The molecule has 0 aliphatic carbocycles. The highest BCUT2D eigenvalue weighted by atomic mass is 19.4. The summed E-state index contributed by atoms with van der Waals surface area (Å²) in [6.45, 7) is 1.84. The van der Waals surface area contributed by atoms with Crippen LogP contribution in [-0.4, -0.2) is 30.1 Å². The molecule has 0 bridgehead atoms. The number of carbonyl (C=O) groups excluding carboxylic acids is 1. The van der Waals surface area contributed by atoms with Crippen LogP contribution in [0.2, 0.25) is 0 Å². The molecular formula is C13H16F4N2O. The summed E-state index contributed by atoms with van der Waals surface area (Å²) in [7, 11) is 0. The van der Waals surface area contributed by atoms with E-state index in [0.29, 0.717) is 4.90 Å². The van der Waals surface area contributed by atoms with E-state index < -0.39 is 30.0 Å². The average Bonchev–Trinajstić information content (AvgIpc) is 2.24. The van der Waals surface area contributed by atoms with Gasteiger partial charge in [0.25, 0.3) is 5.91 Å². The summed E-state index contributed by atoms with van der Waals surface area (Å²) in [5.41, 5.74) is 5.03. The van der Waals surface area contributed by atoms with E-state index in [1.807, 2.05) is 0 Å². The fourth-order valence-corrected chi connectivity index (χ4v) is 1.75. The van der Waals surface area contributed by atoms with Crippen molar-refractivity contribution in [2.24, 2.45) is 5.92 Å². The minimum atomic E-state index is -4.53. The summed E-state index contributed by atoms with van der Waals surface area (Å²) >= 11 is 0. The maximum Gasteiger partial charge on any atom is 0.406 e. The van der Waals surface area contributed by atoms with E-state index in [0.717, 1.165) is 12.1 Å². The summed E-state index contributed by atoms with van der Waals surface area (Å²) in [4.78, 5) is 12.6. The lowest BCUT2D eigenvalue weighted by atomic mass is 10.1. The molecule has 0 saturated carbocycles. The number of nitrogens with two attached hydrogens (primary N) is 1. The van der Waals surface area contributed by atoms with Gasteiger partial charge in [-0.15, -0.1) is 0 Å². The van der Waals surface area contributed by atoms with Gasteiger partial charge in [0.1, 0.15) is 12.4 Å². The maximum absolute atomic E-state index is 13.6. The molecule has 7 heteroatoms. The number of nitrogens with zero attached hydrogens (tertiary/aromatic N) is 1. The van der Waals surface area contributed by atoms with Crippen LogP contribution >= 0.6 is 0 Å². The van der Waals surface area contributed by atoms with Crippen LogP contribution in [0.5, 0.6) is 0 Å². The van der Waals surface area contributed by atoms with Gasteiger partial charge in [-0.2, -0.15) is 13.2 Å². The largest absolute Gasteiger partial charge is 0.406 e. The second-order valence-electron chi connectivity index (χ2n) is 4.93. The first-order valence-corrected chi connectivity index (χ1v) is 6.01. The molecule has 0 saturated heterocycles. The Kier molecular flexibility index (Phi) is 4.97. The SMILES string of the molecule is CC(C)CN(CC(F)(F)F)C(=O)c1ccc(N)cc1F. The van der Waals surface area contributed by atoms with E-state index in [4.69, 9.17) is 5.73 Å². The van der Waals surface area contributed by atoms with Crippen molar-refractivity contribution >= 4 is 11.6 Å². The van der Waals surface area contributed by atoms with E-state index >= 15 is 0 Å². The monoisotopic (exact) mass is 292 g/mol. The van der Waals surface area contributed by atoms with Gasteiger partial charge in [-0.25, -0.2) is 4.39 Å². The third kappa shape index (κ3) is 4.71. The van der Waals surface area contributed by atoms with Gasteiger partial charge in [0.2, 0.25) is 0 Å². The molecule has 0 radical (unpaired) electrons. The van der Waals surface area contributed by atoms with Crippen molar-refractivity contribution in [3.63, 3.8) is 0 Å². The molecule has 0 unspecified atom stereocenters. The maximum atomic E-state index is 13.6. The zero-order chi connectivity index (χ0) is 15.5. The average molecular weight is 292 g/mol. The first-order valence-electron chi connectivity index (χ1n) is 6.01. The lowest BCUT2D eigenvalue weighted by Gasteiger charge is -2.26. The van der Waals surface area contributed by atoms with Gasteiger partial charge in [0, 0.05) is 12.2 Å². The number of nitrogen functional groups attached to an aromatic ring is 1. The van der Waals surface area contributed by atoms with Crippen molar-refractivity contribution in [1.82, 2.24) is 4.90 Å². The Labute approximate surface area is 114 Å². The summed E-state index contributed by atoms with van der Waals surface area (Å²) in [6, 6.07) is 3.28. The number of hydrogen-bond donors (Lipinski definition) is 1. The number of rotatable bonds is 4. The molecular weight excluding hydrogens is 276 g/mol. The number of alkyl halides is 3. The van der Waals surface area contributed by atoms with Crippen LogP contribution in [0, 0.1) is 11.7 Å². The first kappa shape index (κ1) is 16.3. The van der Waals surface area contributed by atoms with E-state index in [1.165, 1.54) is 6.07 Å². The Bertz CT molecular complexity index is 486. The molecule has 2 N–H and O–H groups in total. The summed E-state index contributed by atoms with van der Waals surface area (Å²) in [5.74, 6) is -2.09. The van der Waals surface area contributed by atoms with Crippen LogP contribution in [0.1, 0.15) is 24.2 Å². The van der Waals surface area contributed by atoms with E-state index in [2.05, 4.69) is 0 Å². The molecule has 1 aromatic rings. The van der Waals surface area contributed by atoms with Crippen LogP contribution in [0.3, 0.4) is 0 Å². The molecule has 0 atom stereocenters. The van der Waals surface area contributed by atoms with Crippen molar-refractivity contribution in [2.75, 3.05) is 18.8 Å². The lowest BCUT2D eigenvalue weighted by Crippen LogP contribution is -2.41.